The topological polar surface area (TPSA) is 109 Å². The highest BCUT2D eigenvalue weighted by atomic mass is 19.3. The van der Waals surface area contributed by atoms with E-state index in [1.54, 1.807) is 12.3 Å². The molecule has 1 saturated heterocycles. The van der Waals surface area contributed by atoms with Crippen LogP contribution in [0.15, 0.2) is 53.7 Å². The average Bonchev–Trinajstić information content (AvgIpc) is 2.89. The van der Waals surface area contributed by atoms with Gasteiger partial charge in [-0.1, -0.05) is 18.2 Å². The molecular formula is C25H28F2N6O2. The van der Waals surface area contributed by atoms with E-state index in [0.717, 1.165) is 35.7 Å². The van der Waals surface area contributed by atoms with Crippen LogP contribution in [-0.2, 0) is 4.74 Å². The molecule has 0 radical (unpaired) electrons. The van der Waals surface area contributed by atoms with Crippen molar-refractivity contribution in [2.75, 3.05) is 49.7 Å². The average molecular weight is 483 g/mol. The van der Waals surface area contributed by atoms with Crippen LogP contribution in [0.4, 0.5) is 26.1 Å². The SMILES string of the molecule is Cc1ncc(N=C(N)c2cccc(C(F)F)c2)cc1-c1cc(NCCO)nc(N2CCOCC2)c1. The molecule has 2 aromatic heterocycles. The maximum Gasteiger partial charge on any atom is 0.263 e. The number of alkyl halides is 2. The van der Waals surface area contributed by atoms with Crippen molar-refractivity contribution >= 4 is 23.2 Å². The van der Waals surface area contributed by atoms with Crippen LogP contribution in [0.5, 0.6) is 0 Å². The number of pyridine rings is 2. The summed E-state index contributed by atoms with van der Waals surface area (Å²) in [5.74, 6) is 1.55. The summed E-state index contributed by atoms with van der Waals surface area (Å²) in [6, 6.07) is 11.6. The maximum absolute atomic E-state index is 13.1. The molecule has 0 aliphatic carbocycles. The molecule has 4 N–H and O–H groups in total. The normalized spacial score (nSPS) is 14.4. The number of morpholine rings is 1. The lowest BCUT2D eigenvalue weighted by atomic mass is 10.0. The third-order valence-electron chi connectivity index (χ3n) is 5.63. The van der Waals surface area contributed by atoms with E-state index in [2.05, 4.69) is 20.2 Å². The number of nitrogens with zero attached hydrogens (tertiary/aromatic N) is 4. The smallest absolute Gasteiger partial charge is 0.263 e. The Balaban J connectivity index is 1.70. The second-order valence-corrected chi connectivity index (χ2v) is 8.10. The Labute approximate surface area is 202 Å². The van der Waals surface area contributed by atoms with Crippen molar-refractivity contribution in [3.05, 3.63) is 65.5 Å². The summed E-state index contributed by atoms with van der Waals surface area (Å²) < 4.78 is 31.6. The third-order valence-corrected chi connectivity index (χ3v) is 5.63. The Morgan fingerprint density at radius 3 is 2.77 bits per heavy atom. The van der Waals surface area contributed by atoms with Crippen molar-refractivity contribution in [1.82, 2.24) is 9.97 Å². The predicted octanol–water partition coefficient (Wildman–Crippen LogP) is 3.67. The standard InChI is InChI=1S/C25H28F2N6O2/c1-16-21(14-20(15-30-16)31-25(28)18-4-2-3-17(11-18)24(26)27)19-12-22(29-5-8-34)32-23(13-19)33-6-9-35-10-7-33/h2-4,11-15,24,34H,5-10H2,1H3,(H2,28,31)(H,29,32). The molecule has 35 heavy (non-hydrogen) atoms. The first kappa shape index (κ1) is 24.5. The highest BCUT2D eigenvalue weighted by Crippen LogP contribution is 2.31. The van der Waals surface area contributed by atoms with Crippen molar-refractivity contribution in [3.8, 4) is 11.1 Å². The molecule has 3 aromatic rings. The fraction of sp³-hybridized carbons (Fsp3) is 0.320. The van der Waals surface area contributed by atoms with Crippen molar-refractivity contribution in [2.24, 2.45) is 10.7 Å². The van der Waals surface area contributed by atoms with E-state index in [9.17, 15) is 13.9 Å². The number of amidine groups is 1. The van der Waals surface area contributed by atoms with Crippen LogP contribution in [0.3, 0.4) is 0 Å². The number of anilines is 2. The van der Waals surface area contributed by atoms with Crippen LogP contribution in [-0.4, -0.2) is 60.4 Å². The van der Waals surface area contributed by atoms with E-state index in [4.69, 9.17) is 15.5 Å². The van der Waals surface area contributed by atoms with Crippen LogP contribution in [0.1, 0.15) is 23.2 Å². The number of ether oxygens (including phenoxy) is 1. The minimum atomic E-state index is -2.59. The van der Waals surface area contributed by atoms with Gasteiger partial charge in [-0.15, -0.1) is 0 Å². The Bertz CT molecular complexity index is 1200. The van der Waals surface area contributed by atoms with Gasteiger partial charge in [0.2, 0.25) is 0 Å². The van der Waals surface area contributed by atoms with Crippen LogP contribution in [0.2, 0.25) is 0 Å². The molecule has 8 nitrogen and oxygen atoms in total. The molecule has 4 rings (SSSR count). The zero-order valence-corrected chi connectivity index (χ0v) is 19.4. The third kappa shape index (κ3) is 6.09. The van der Waals surface area contributed by atoms with Gasteiger partial charge < -0.3 is 25.8 Å². The largest absolute Gasteiger partial charge is 0.395 e. The van der Waals surface area contributed by atoms with Gasteiger partial charge in [0.25, 0.3) is 6.43 Å². The number of aromatic nitrogens is 2. The lowest BCUT2D eigenvalue weighted by Gasteiger charge is -2.28. The molecule has 0 spiro atoms. The number of rotatable bonds is 8. The first-order valence-electron chi connectivity index (χ1n) is 11.3. The number of benzene rings is 1. The van der Waals surface area contributed by atoms with Crippen LogP contribution in [0, 0.1) is 6.92 Å². The van der Waals surface area contributed by atoms with Gasteiger partial charge in [0.15, 0.2) is 0 Å². The molecule has 1 aliphatic heterocycles. The minimum Gasteiger partial charge on any atom is -0.395 e. The number of hydrogen-bond acceptors (Lipinski definition) is 7. The maximum atomic E-state index is 13.1. The number of nitrogens with two attached hydrogens (primary N) is 1. The highest BCUT2D eigenvalue weighted by Gasteiger charge is 2.16. The summed E-state index contributed by atoms with van der Waals surface area (Å²) in [4.78, 5) is 15.8. The molecule has 1 aromatic carbocycles. The number of aliphatic hydroxyl groups excluding tert-OH is 1. The monoisotopic (exact) mass is 482 g/mol. The van der Waals surface area contributed by atoms with Gasteiger partial charge in [-0.2, -0.15) is 0 Å². The van der Waals surface area contributed by atoms with E-state index < -0.39 is 6.43 Å². The van der Waals surface area contributed by atoms with E-state index in [0.29, 0.717) is 36.8 Å². The number of halogens is 2. The van der Waals surface area contributed by atoms with Crippen LogP contribution in [0.25, 0.3) is 11.1 Å². The molecule has 0 unspecified atom stereocenters. The predicted molar refractivity (Wildman–Crippen MR) is 133 cm³/mol. The number of aryl methyl sites for hydroxylation is 1. The quantitative estimate of drug-likeness (QED) is 0.332. The van der Waals surface area contributed by atoms with Crippen molar-refractivity contribution in [1.29, 1.82) is 0 Å². The summed E-state index contributed by atoms with van der Waals surface area (Å²) in [5, 5.41) is 12.4. The number of aliphatic hydroxyl groups is 1. The van der Waals surface area contributed by atoms with Gasteiger partial charge in [-0.3, -0.25) is 4.98 Å². The molecule has 3 heterocycles. The van der Waals surface area contributed by atoms with E-state index in [1.165, 1.54) is 18.2 Å². The van der Waals surface area contributed by atoms with Gasteiger partial charge in [-0.25, -0.2) is 18.8 Å². The Morgan fingerprint density at radius 1 is 1.23 bits per heavy atom. The van der Waals surface area contributed by atoms with E-state index in [-0.39, 0.29) is 18.0 Å². The number of aliphatic imine (C=N–C) groups is 1. The zero-order chi connectivity index (χ0) is 24.8. The van der Waals surface area contributed by atoms with Gasteiger partial charge >= 0.3 is 0 Å². The minimum absolute atomic E-state index is 0.0182. The van der Waals surface area contributed by atoms with Crippen molar-refractivity contribution in [3.63, 3.8) is 0 Å². The zero-order valence-electron chi connectivity index (χ0n) is 19.4. The molecule has 10 heteroatoms. The molecular weight excluding hydrogens is 454 g/mol. The van der Waals surface area contributed by atoms with Crippen LogP contribution >= 0.6 is 0 Å². The van der Waals surface area contributed by atoms with Gasteiger partial charge in [0.05, 0.1) is 31.7 Å². The Morgan fingerprint density at radius 2 is 2.03 bits per heavy atom. The molecule has 0 amide bonds. The van der Waals surface area contributed by atoms with E-state index >= 15 is 0 Å². The van der Waals surface area contributed by atoms with E-state index in [1.807, 2.05) is 25.1 Å². The van der Waals surface area contributed by atoms with Gasteiger partial charge in [-0.05, 0) is 36.8 Å². The number of hydrogen-bond donors (Lipinski definition) is 3. The van der Waals surface area contributed by atoms with Gasteiger partial charge in [0.1, 0.15) is 17.5 Å². The summed E-state index contributed by atoms with van der Waals surface area (Å²) in [6.45, 7) is 4.96. The second-order valence-electron chi connectivity index (χ2n) is 8.10. The molecule has 0 bridgehead atoms. The first-order valence-corrected chi connectivity index (χ1v) is 11.3. The number of nitrogens with one attached hydrogen (secondary N) is 1. The first-order chi connectivity index (χ1) is 16.9. The molecule has 1 fully saturated rings. The molecule has 0 atom stereocenters. The lowest BCUT2D eigenvalue weighted by Crippen LogP contribution is -2.36. The summed E-state index contributed by atoms with van der Waals surface area (Å²) in [5.41, 5.74) is 9.44. The van der Waals surface area contributed by atoms with Crippen molar-refractivity contribution < 1.29 is 18.6 Å². The van der Waals surface area contributed by atoms with Crippen molar-refractivity contribution in [2.45, 2.75) is 13.3 Å². The lowest BCUT2D eigenvalue weighted by molar-refractivity contribution is 0.122. The van der Waals surface area contributed by atoms with Gasteiger partial charge in [0, 0.05) is 42.0 Å². The molecule has 0 saturated carbocycles. The fourth-order valence-corrected chi connectivity index (χ4v) is 3.81. The summed E-state index contributed by atoms with van der Waals surface area (Å²) in [6.07, 6.45) is -0.992. The Kier molecular flexibility index (Phi) is 7.84. The van der Waals surface area contributed by atoms with Crippen LogP contribution < -0.4 is 16.0 Å². The Hall–Kier alpha value is -3.63. The second kappa shape index (κ2) is 11.2. The summed E-state index contributed by atoms with van der Waals surface area (Å²) in [7, 11) is 0. The highest BCUT2D eigenvalue weighted by molar-refractivity contribution is 5.99. The fourth-order valence-electron chi connectivity index (χ4n) is 3.81. The summed E-state index contributed by atoms with van der Waals surface area (Å²) >= 11 is 0. The molecule has 1 aliphatic rings. The molecule has 184 valence electrons.